The van der Waals surface area contributed by atoms with E-state index in [0.29, 0.717) is 11.3 Å². The molecule has 0 bridgehead atoms. The lowest BCUT2D eigenvalue weighted by Gasteiger charge is -2.14. The minimum Gasteiger partial charge on any atom is -0.449 e. The summed E-state index contributed by atoms with van der Waals surface area (Å²) in [5, 5.41) is 16.2. The first kappa shape index (κ1) is 20.4. The number of nitrogens with zero attached hydrogens (tertiary/aromatic N) is 1. The van der Waals surface area contributed by atoms with E-state index >= 15 is 0 Å². The Kier molecular flexibility index (Phi) is 6.17. The van der Waals surface area contributed by atoms with Crippen molar-refractivity contribution in [1.29, 1.82) is 5.26 Å². The smallest absolute Gasteiger partial charge is 0.338 e. The van der Waals surface area contributed by atoms with Crippen LogP contribution in [0.4, 0.5) is 5.69 Å². The number of carbonyl (C=O) groups is 2. The number of anilines is 1. The van der Waals surface area contributed by atoms with Gasteiger partial charge in [0.15, 0.2) is 6.10 Å². The summed E-state index contributed by atoms with van der Waals surface area (Å²) >= 11 is 5.76. The second-order valence-corrected chi connectivity index (χ2v) is 7.35. The number of esters is 1. The molecule has 10 heteroatoms. The predicted octanol–water partition coefficient (Wildman–Crippen LogP) is 2.04. The number of nitriles is 1. The van der Waals surface area contributed by atoms with Crippen LogP contribution in [0.3, 0.4) is 0 Å². The molecule has 2 aromatic rings. The van der Waals surface area contributed by atoms with Crippen LogP contribution in [0.5, 0.6) is 0 Å². The molecular weight excluding hydrogens is 394 g/mol. The van der Waals surface area contributed by atoms with Crippen molar-refractivity contribution in [3.8, 4) is 6.07 Å². The number of nitrogens with one attached hydrogen (secondary N) is 1. The number of primary sulfonamides is 1. The highest BCUT2D eigenvalue weighted by atomic mass is 35.5. The predicted molar refractivity (Wildman–Crippen MR) is 97.5 cm³/mol. The Morgan fingerprint density at radius 3 is 2.41 bits per heavy atom. The zero-order valence-electron chi connectivity index (χ0n) is 14.0. The molecule has 0 radical (unpaired) electrons. The van der Waals surface area contributed by atoms with Crippen molar-refractivity contribution in [2.45, 2.75) is 17.9 Å². The molecule has 2 rings (SSSR count). The molecule has 1 amide bonds. The fourth-order valence-electron chi connectivity index (χ4n) is 2.00. The number of amides is 1. The summed E-state index contributed by atoms with van der Waals surface area (Å²) in [6, 6.07) is 11.5. The van der Waals surface area contributed by atoms with Crippen molar-refractivity contribution in [2.75, 3.05) is 5.32 Å². The second-order valence-electron chi connectivity index (χ2n) is 5.42. The third-order valence-electron chi connectivity index (χ3n) is 3.41. The van der Waals surface area contributed by atoms with Gasteiger partial charge in [0, 0.05) is 5.69 Å². The highest BCUT2D eigenvalue weighted by Gasteiger charge is 2.21. The maximum absolute atomic E-state index is 12.2. The Bertz CT molecular complexity index is 1030. The highest BCUT2D eigenvalue weighted by molar-refractivity contribution is 7.89. The van der Waals surface area contributed by atoms with Crippen LogP contribution in [0.1, 0.15) is 22.8 Å². The molecular formula is C17H14ClN3O5S. The number of hydrogen-bond acceptors (Lipinski definition) is 6. The number of carbonyl (C=O) groups excluding carboxylic acids is 2. The van der Waals surface area contributed by atoms with E-state index in [2.05, 4.69) is 5.32 Å². The van der Waals surface area contributed by atoms with Crippen LogP contribution < -0.4 is 10.5 Å². The molecule has 0 aliphatic heterocycles. The van der Waals surface area contributed by atoms with Crippen LogP contribution in [0.2, 0.25) is 5.02 Å². The largest absolute Gasteiger partial charge is 0.449 e. The van der Waals surface area contributed by atoms with Crippen molar-refractivity contribution in [3.05, 3.63) is 58.6 Å². The van der Waals surface area contributed by atoms with Gasteiger partial charge in [0.2, 0.25) is 10.0 Å². The quantitative estimate of drug-likeness (QED) is 0.727. The molecule has 2 aromatic carbocycles. The standard InChI is InChI=1S/C17H14ClN3O5S/c1-10(16(22)21-13-5-2-11(9-19)3-6-13)26-17(23)12-4-7-14(18)15(8-12)27(20,24)25/h2-8,10H,1H3,(H,21,22)(H2,20,24,25). The summed E-state index contributed by atoms with van der Waals surface area (Å²) < 4.78 is 28.0. The Labute approximate surface area is 160 Å². The highest BCUT2D eigenvalue weighted by Crippen LogP contribution is 2.22. The van der Waals surface area contributed by atoms with Gasteiger partial charge < -0.3 is 10.1 Å². The van der Waals surface area contributed by atoms with E-state index in [1.54, 1.807) is 0 Å². The summed E-state index contributed by atoms with van der Waals surface area (Å²) in [5.41, 5.74) is 0.729. The number of sulfonamides is 1. The second kappa shape index (κ2) is 8.18. The third kappa shape index (κ3) is 5.27. The molecule has 0 fully saturated rings. The number of benzene rings is 2. The van der Waals surface area contributed by atoms with Crippen molar-refractivity contribution in [1.82, 2.24) is 0 Å². The van der Waals surface area contributed by atoms with Crippen molar-refractivity contribution < 1.29 is 22.7 Å². The number of rotatable bonds is 5. The van der Waals surface area contributed by atoms with Gasteiger partial charge in [-0.3, -0.25) is 4.79 Å². The molecule has 0 aliphatic rings. The summed E-state index contributed by atoms with van der Waals surface area (Å²) in [7, 11) is -4.12. The lowest BCUT2D eigenvalue weighted by molar-refractivity contribution is -0.123. The average Bonchev–Trinajstić information content (AvgIpc) is 2.61. The third-order valence-corrected chi connectivity index (χ3v) is 4.80. The SMILES string of the molecule is CC(OC(=O)c1ccc(Cl)c(S(N)(=O)=O)c1)C(=O)Nc1ccc(C#N)cc1. The van der Waals surface area contributed by atoms with Gasteiger partial charge in [0.05, 0.1) is 22.2 Å². The normalized spacial score (nSPS) is 11.9. The van der Waals surface area contributed by atoms with E-state index in [9.17, 15) is 18.0 Å². The zero-order valence-corrected chi connectivity index (χ0v) is 15.5. The summed E-state index contributed by atoms with van der Waals surface area (Å²) in [6.07, 6.45) is -1.17. The van der Waals surface area contributed by atoms with Gasteiger partial charge >= 0.3 is 5.97 Å². The molecule has 0 aromatic heterocycles. The van der Waals surface area contributed by atoms with E-state index in [0.717, 1.165) is 6.07 Å². The zero-order chi connectivity index (χ0) is 20.2. The first-order valence-corrected chi connectivity index (χ1v) is 9.38. The van der Waals surface area contributed by atoms with Crippen LogP contribution >= 0.6 is 11.6 Å². The average molecular weight is 408 g/mol. The van der Waals surface area contributed by atoms with Gasteiger partial charge in [0.25, 0.3) is 5.91 Å². The first-order valence-electron chi connectivity index (χ1n) is 7.46. The van der Waals surface area contributed by atoms with Gasteiger partial charge in [-0.25, -0.2) is 18.4 Å². The number of hydrogen-bond donors (Lipinski definition) is 2. The molecule has 0 heterocycles. The molecule has 0 aliphatic carbocycles. The Morgan fingerprint density at radius 2 is 1.85 bits per heavy atom. The molecule has 27 heavy (non-hydrogen) atoms. The van der Waals surface area contributed by atoms with Crippen molar-refractivity contribution >= 4 is 39.2 Å². The van der Waals surface area contributed by atoms with E-state index < -0.39 is 32.9 Å². The topological polar surface area (TPSA) is 139 Å². The lowest BCUT2D eigenvalue weighted by atomic mass is 10.2. The van der Waals surface area contributed by atoms with E-state index in [4.69, 9.17) is 26.7 Å². The lowest BCUT2D eigenvalue weighted by Crippen LogP contribution is -2.30. The first-order chi connectivity index (χ1) is 12.6. The van der Waals surface area contributed by atoms with Crippen LogP contribution in [0.15, 0.2) is 47.4 Å². The summed E-state index contributed by atoms with van der Waals surface area (Å²) in [4.78, 5) is 23.9. The summed E-state index contributed by atoms with van der Waals surface area (Å²) in [6.45, 7) is 1.35. The van der Waals surface area contributed by atoms with Crippen molar-refractivity contribution in [3.63, 3.8) is 0 Å². The molecule has 3 N–H and O–H groups in total. The van der Waals surface area contributed by atoms with Crippen molar-refractivity contribution in [2.24, 2.45) is 5.14 Å². The maximum Gasteiger partial charge on any atom is 0.338 e. The Hall–Kier alpha value is -2.93. The van der Waals surface area contributed by atoms with E-state index in [1.807, 2.05) is 6.07 Å². The minimum absolute atomic E-state index is 0.124. The Morgan fingerprint density at radius 1 is 1.22 bits per heavy atom. The van der Waals surface area contributed by atoms with Crippen LogP contribution in [-0.4, -0.2) is 26.4 Å². The van der Waals surface area contributed by atoms with Gasteiger partial charge in [-0.05, 0) is 49.4 Å². The van der Waals surface area contributed by atoms with E-state index in [1.165, 1.54) is 43.3 Å². The molecule has 1 atom stereocenters. The fourth-order valence-corrected chi connectivity index (χ4v) is 3.07. The van der Waals surface area contributed by atoms with Crippen LogP contribution in [-0.2, 0) is 19.6 Å². The van der Waals surface area contributed by atoms with Gasteiger partial charge in [-0.2, -0.15) is 5.26 Å². The molecule has 140 valence electrons. The molecule has 0 saturated carbocycles. The molecule has 0 spiro atoms. The Balaban J connectivity index is 2.08. The minimum atomic E-state index is -4.12. The van der Waals surface area contributed by atoms with Gasteiger partial charge in [-0.15, -0.1) is 0 Å². The number of nitrogens with two attached hydrogens (primary N) is 1. The van der Waals surface area contributed by atoms with E-state index in [-0.39, 0.29) is 10.6 Å². The molecule has 1 unspecified atom stereocenters. The molecule has 0 saturated heterocycles. The maximum atomic E-state index is 12.2. The molecule has 8 nitrogen and oxygen atoms in total. The number of ether oxygens (including phenoxy) is 1. The fraction of sp³-hybridized carbons (Fsp3) is 0.118. The monoisotopic (exact) mass is 407 g/mol. The van der Waals surface area contributed by atoms with Crippen LogP contribution in [0.25, 0.3) is 0 Å². The van der Waals surface area contributed by atoms with Crippen LogP contribution in [0, 0.1) is 11.3 Å². The summed E-state index contributed by atoms with van der Waals surface area (Å²) in [5.74, 6) is -1.52. The van der Waals surface area contributed by atoms with Gasteiger partial charge in [-0.1, -0.05) is 11.6 Å². The number of halogens is 1. The van der Waals surface area contributed by atoms with Gasteiger partial charge in [0.1, 0.15) is 4.90 Å².